The second kappa shape index (κ2) is 4.72. The molecular formula is C7H13NO5S. The molecule has 0 aliphatic carbocycles. The Labute approximate surface area is 82.3 Å². The Balaban J connectivity index is 2.36. The highest BCUT2D eigenvalue weighted by atomic mass is 32.2. The monoisotopic (exact) mass is 223 g/mol. The highest BCUT2D eigenvalue weighted by Crippen LogP contribution is 2.05. The second-order valence-electron chi connectivity index (χ2n) is 3.14. The van der Waals surface area contributed by atoms with Crippen LogP contribution in [0.4, 0.5) is 0 Å². The number of ether oxygens (including phenoxy) is 1. The van der Waals surface area contributed by atoms with Crippen molar-refractivity contribution in [2.75, 3.05) is 19.0 Å². The Morgan fingerprint density at radius 2 is 2.29 bits per heavy atom. The van der Waals surface area contributed by atoms with E-state index in [4.69, 9.17) is 9.84 Å². The highest BCUT2D eigenvalue weighted by molar-refractivity contribution is 7.89. The van der Waals surface area contributed by atoms with Gasteiger partial charge in [-0.15, -0.1) is 0 Å². The first-order valence-electron chi connectivity index (χ1n) is 4.29. The molecule has 0 bridgehead atoms. The Hall–Kier alpha value is -0.660. The van der Waals surface area contributed by atoms with Crippen LogP contribution in [0.5, 0.6) is 0 Å². The predicted octanol–water partition coefficient (Wildman–Crippen LogP) is -0.831. The molecule has 1 unspecified atom stereocenters. The fourth-order valence-electron chi connectivity index (χ4n) is 1.16. The molecule has 1 heterocycles. The molecular weight excluding hydrogens is 210 g/mol. The summed E-state index contributed by atoms with van der Waals surface area (Å²) in [5.74, 6) is -1.49. The zero-order chi connectivity index (χ0) is 10.6. The van der Waals surface area contributed by atoms with Gasteiger partial charge in [-0.3, -0.25) is 4.79 Å². The predicted molar refractivity (Wildman–Crippen MR) is 48.4 cm³/mol. The fraction of sp³-hybridized carbons (Fsp3) is 0.857. The lowest BCUT2D eigenvalue weighted by atomic mass is 10.3. The van der Waals surface area contributed by atoms with Crippen molar-refractivity contribution in [3.8, 4) is 0 Å². The number of aliphatic carboxylic acids is 1. The standard InChI is InChI=1S/C7H13NO5S/c9-7(10)2-4-14(11,12)8-6-1-3-13-5-6/h6,8H,1-5H2,(H,9,10). The lowest BCUT2D eigenvalue weighted by molar-refractivity contribution is -0.136. The summed E-state index contributed by atoms with van der Waals surface area (Å²) in [6.07, 6.45) is 0.273. The smallest absolute Gasteiger partial charge is 0.304 e. The van der Waals surface area contributed by atoms with Gasteiger partial charge in [0.15, 0.2) is 0 Å². The molecule has 0 aromatic heterocycles. The summed E-state index contributed by atoms with van der Waals surface area (Å²) in [5, 5.41) is 8.32. The van der Waals surface area contributed by atoms with Crippen LogP contribution < -0.4 is 4.72 Å². The average Bonchev–Trinajstić information content (AvgIpc) is 2.53. The van der Waals surface area contributed by atoms with E-state index in [1.54, 1.807) is 0 Å². The molecule has 1 atom stereocenters. The number of hydrogen-bond acceptors (Lipinski definition) is 4. The average molecular weight is 223 g/mol. The Morgan fingerprint density at radius 1 is 1.57 bits per heavy atom. The summed E-state index contributed by atoms with van der Waals surface area (Å²) in [7, 11) is -3.47. The molecule has 0 radical (unpaired) electrons. The maximum atomic E-state index is 11.3. The quantitative estimate of drug-likeness (QED) is 0.634. The molecule has 0 spiro atoms. The van der Waals surface area contributed by atoms with E-state index in [1.807, 2.05) is 0 Å². The second-order valence-corrected chi connectivity index (χ2v) is 5.01. The van der Waals surface area contributed by atoms with Crippen LogP contribution in [0, 0.1) is 0 Å². The number of hydrogen-bond donors (Lipinski definition) is 2. The van der Waals surface area contributed by atoms with Crippen molar-refractivity contribution in [2.45, 2.75) is 18.9 Å². The van der Waals surface area contributed by atoms with Gasteiger partial charge in [0.1, 0.15) is 0 Å². The maximum Gasteiger partial charge on any atom is 0.304 e. The molecule has 7 heteroatoms. The number of nitrogens with one attached hydrogen (secondary N) is 1. The summed E-state index contributed by atoms with van der Waals surface area (Å²) in [5.41, 5.74) is 0. The van der Waals surface area contributed by atoms with Crippen LogP contribution in [-0.2, 0) is 19.6 Å². The number of rotatable bonds is 5. The molecule has 0 aromatic carbocycles. The van der Waals surface area contributed by atoms with Crippen molar-refractivity contribution in [1.82, 2.24) is 4.72 Å². The molecule has 1 aliphatic rings. The van der Waals surface area contributed by atoms with E-state index in [0.717, 1.165) is 0 Å². The first kappa shape index (κ1) is 11.4. The highest BCUT2D eigenvalue weighted by Gasteiger charge is 2.22. The molecule has 0 amide bonds. The zero-order valence-corrected chi connectivity index (χ0v) is 8.42. The third-order valence-electron chi connectivity index (χ3n) is 1.86. The fourth-order valence-corrected chi connectivity index (χ4v) is 2.42. The summed E-state index contributed by atoms with van der Waals surface area (Å²) in [4.78, 5) is 10.2. The Morgan fingerprint density at radius 3 is 2.79 bits per heavy atom. The van der Waals surface area contributed by atoms with E-state index in [0.29, 0.717) is 19.6 Å². The summed E-state index contributed by atoms with van der Waals surface area (Å²) >= 11 is 0. The molecule has 82 valence electrons. The van der Waals surface area contributed by atoms with Gasteiger partial charge in [-0.25, -0.2) is 13.1 Å². The van der Waals surface area contributed by atoms with Crippen molar-refractivity contribution < 1.29 is 23.1 Å². The van der Waals surface area contributed by atoms with Crippen LogP contribution in [0.1, 0.15) is 12.8 Å². The van der Waals surface area contributed by atoms with Gasteiger partial charge in [-0.2, -0.15) is 0 Å². The van der Waals surface area contributed by atoms with Crippen LogP contribution in [-0.4, -0.2) is 44.5 Å². The molecule has 6 nitrogen and oxygen atoms in total. The van der Waals surface area contributed by atoms with Gasteiger partial charge in [0.25, 0.3) is 0 Å². The molecule has 0 saturated carbocycles. The van der Waals surface area contributed by atoms with Crippen molar-refractivity contribution in [2.24, 2.45) is 0 Å². The summed E-state index contributed by atoms with van der Waals surface area (Å²) in [6.45, 7) is 0.915. The van der Waals surface area contributed by atoms with Crippen LogP contribution in [0.2, 0.25) is 0 Å². The topological polar surface area (TPSA) is 92.7 Å². The van der Waals surface area contributed by atoms with Gasteiger partial charge in [0.05, 0.1) is 18.8 Å². The van der Waals surface area contributed by atoms with Gasteiger partial charge >= 0.3 is 5.97 Å². The minimum absolute atomic E-state index is 0.200. The molecule has 2 N–H and O–H groups in total. The van der Waals surface area contributed by atoms with E-state index in [-0.39, 0.29) is 18.2 Å². The first-order chi connectivity index (χ1) is 6.49. The number of sulfonamides is 1. The van der Waals surface area contributed by atoms with Crippen molar-refractivity contribution >= 4 is 16.0 Å². The van der Waals surface area contributed by atoms with Gasteiger partial charge in [-0.1, -0.05) is 0 Å². The number of carboxylic acids is 1. The van der Waals surface area contributed by atoms with Crippen molar-refractivity contribution in [3.05, 3.63) is 0 Å². The van der Waals surface area contributed by atoms with Gasteiger partial charge in [0, 0.05) is 12.6 Å². The van der Waals surface area contributed by atoms with Crippen LogP contribution in [0.15, 0.2) is 0 Å². The Bertz CT molecular complexity index is 293. The molecule has 1 fully saturated rings. The van der Waals surface area contributed by atoms with Gasteiger partial charge in [-0.05, 0) is 6.42 Å². The van der Waals surface area contributed by atoms with E-state index >= 15 is 0 Å². The normalized spacial score (nSPS) is 22.4. The van der Waals surface area contributed by atoms with E-state index in [9.17, 15) is 13.2 Å². The Kier molecular flexibility index (Phi) is 3.85. The SMILES string of the molecule is O=C(O)CCS(=O)(=O)NC1CCOC1. The van der Waals surface area contributed by atoms with E-state index in [2.05, 4.69) is 4.72 Å². The van der Waals surface area contributed by atoms with Gasteiger partial charge in [0.2, 0.25) is 10.0 Å². The maximum absolute atomic E-state index is 11.3. The van der Waals surface area contributed by atoms with Crippen LogP contribution in [0.25, 0.3) is 0 Å². The van der Waals surface area contributed by atoms with E-state index in [1.165, 1.54) is 0 Å². The molecule has 14 heavy (non-hydrogen) atoms. The van der Waals surface area contributed by atoms with Crippen LogP contribution in [0.3, 0.4) is 0 Å². The van der Waals surface area contributed by atoms with Crippen molar-refractivity contribution in [3.63, 3.8) is 0 Å². The van der Waals surface area contributed by atoms with Crippen LogP contribution >= 0.6 is 0 Å². The summed E-state index contributed by atoms with van der Waals surface area (Å²) in [6, 6.07) is -0.200. The molecule has 1 saturated heterocycles. The van der Waals surface area contributed by atoms with Crippen molar-refractivity contribution in [1.29, 1.82) is 0 Å². The minimum atomic E-state index is -3.47. The summed E-state index contributed by atoms with van der Waals surface area (Å²) < 4.78 is 29.9. The minimum Gasteiger partial charge on any atom is -0.481 e. The molecule has 1 rings (SSSR count). The lowest BCUT2D eigenvalue weighted by Crippen LogP contribution is -2.37. The molecule has 0 aromatic rings. The number of carboxylic acid groups (broad SMARTS) is 1. The lowest BCUT2D eigenvalue weighted by Gasteiger charge is -2.09. The third kappa shape index (κ3) is 4.03. The van der Waals surface area contributed by atoms with Gasteiger partial charge < -0.3 is 9.84 Å². The largest absolute Gasteiger partial charge is 0.481 e. The molecule has 1 aliphatic heterocycles. The number of carbonyl (C=O) groups is 1. The zero-order valence-electron chi connectivity index (χ0n) is 7.60. The third-order valence-corrected chi connectivity index (χ3v) is 3.29. The van der Waals surface area contributed by atoms with E-state index < -0.39 is 16.0 Å². The first-order valence-corrected chi connectivity index (χ1v) is 5.94.